The summed E-state index contributed by atoms with van der Waals surface area (Å²) >= 11 is 0. The van der Waals surface area contributed by atoms with Gasteiger partial charge in [-0.25, -0.2) is 9.07 Å². The number of rotatable bonds is 1. The number of halogens is 1. The fraction of sp³-hybridized carbons (Fsp3) is 0. The quantitative estimate of drug-likeness (QED) is 0.722. The molecule has 3 aromatic rings. The van der Waals surface area contributed by atoms with Gasteiger partial charge < -0.3 is 0 Å². The summed E-state index contributed by atoms with van der Waals surface area (Å²) in [4.78, 5) is 24.2. The van der Waals surface area contributed by atoms with Crippen molar-refractivity contribution in [2.24, 2.45) is 0 Å². The molecule has 1 N–H and O–H groups in total. The zero-order valence-corrected chi connectivity index (χ0v) is 9.76. The molecule has 0 saturated carbocycles. The predicted molar refractivity (Wildman–Crippen MR) is 70.1 cm³/mol. The molecule has 1 aromatic heterocycles. The minimum atomic E-state index is -0.403. The van der Waals surface area contributed by atoms with Crippen LogP contribution in [0.15, 0.2) is 58.1 Å². The number of fused-ring (bicyclic) bond motifs is 1. The molecule has 0 unspecified atom stereocenters. The van der Waals surface area contributed by atoms with Crippen molar-refractivity contribution in [1.29, 1.82) is 0 Å². The summed E-state index contributed by atoms with van der Waals surface area (Å²) < 4.78 is 14.0. The van der Waals surface area contributed by atoms with Crippen molar-refractivity contribution >= 4 is 10.8 Å². The molecule has 0 amide bonds. The third kappa shape index (κ3) is 1.85. The first kappa shape index (κ1) is 11.4. The van der Waals surface area contributed by atoms with Crippen LogP contribution in [0.25, 0.3) is 16.5 Å². The van der Waals surface area contributed by atoms with Gasteiger partial charge in [0.2, 0.25) is 0 Å². The van der Waals surface area contributed by atoms with E-state index in [1.54, 1.807) is 24.3 Å². The normalized spacial score (nSPS) is 10.8. The fourth-order valence-electron chi connectivity index (χ4n) is 1.97. The van der Waals surface area contributed by atoms with Gasteiger partial charge in [0, 0.05) is 0 Å². The Balaban J connectivity index is 2.37. The maximum Gasteiger partial charge on any atom is 0.277 e. The van der Waals surface area contributed by atoms with Gasteiger partial charge in [-0.2, -0.15) is 0 Å². The Morgan fingerprint density at radius 3 is 2.21 bits per heavy atom. The smallest absolute Gasteiger partial charge is 0.267 e. The molecule has 4 nitrogen and oxygen atoms in total. The number of nitrogens with zero attached hydrogens (tertiary/aromatic N) is 1. The van der Waals surface area contributed by atoms with Crippen LogP contribution in [-0.2, 0) is 0 Å². The molecular weight excluding hydrogens is 247 g/mol. The molecular formula is C14H9FN2O2. The van der Waals surface area contributed by atoms with Crippen molar-refractivity contribution in [1.82, 2.24) is 9.78 Å². The Hall–Kier alpha value is -2.69. The van der Waals surface area contributed by atoms with Crippen LogP contribution in [0.3, 0.4) is 0 Å². The molecule has 19 heavy (non-hydrogen) atoms. The molecule has 94 valence electrons. The number of nitrogens with one attached hydrogen (secondary N) is 1. The Bertz CT molecular complexity index is 863. The Morgan fingerprint density at radius 1 is 0.895 bits per heavy atom. The highest BCUT2D eigenvalue weighted by atomic mass is 19.1. The van der Waals surface area contributed by atoms with Crippen molar-refractivity contribution in [2.75, 3.05) is 0 Å². The molecule has 2 aromatic carbocycles. The minimum absolute atomic E-state index is 0.329. The monoisotopic (exact) mass is 256 g/mol. The van der Waals surface area contributed by atoms with Crippen molar-refractivity contribution < 1.29 is 4.39 Å². The summed E-state index contributed by atoms with van der Waals surface area (Å²) in [5.74, 6) is -0.403. The van der Waals surface area contributed by atoms with Gasteiger partial charge in [0.15, 0.2) is 0 Å². The summed E-state index contributed by atoms with van der Waals surface area (Å²) in [6.07, 6.45) is 0. The SMILES string of the molecule is O=c1[nH]n(-c2ccc(F)cc2)c(=O)c2ccccc12. The van der Waals surface area contributed by atoms with E-state index in [1.165, 1.54) is 24.3 Å². The van der Waals surface area contributed by atoms with E-state index in [2.05, 4.69) is 5.10 Å². The van der Waals surface area contributed by atoms with Crippen molar-refractivity contribution in [3.63, 3.8) is 0 Å². The second-order valence-electron chi connectivity index (χ2n) is 4.10. The van der Waals surface area contributed by atoms with E-state index in [4.69, 9.17) is 0 Å². The summed E-state index contributed by atoms with van der Waals surface area (Å²) in [6.45, 7) is 0. The fourth-order valence-corrected chi connectivity index (χ4v) is 1.97. The number of aromatic amines is 1. The molecule has 0 atom stereocenters. The summed E-state index contributed by atoms with van der Waals surface area (Å²) in [5, 5.41) is 3.15. The van der Waals surface area contributed by atoms with Gasteiger partial charge in [-0.3, -0.25) is 14.7 Å². The Morgan fingerprint density at radius 2 is 1.53 bits per heavy atom. The molecule has 5 heteroatoms. The van der Waals surface area contributed by atoms with Gasteiger partial charge in [-0.1, -0.05) is 12.1 Å². The maximum atomic E-state index is 12.9. The zero-order valence-electron chi connectivity index (χ0n) is 9.76. The number of aromatic nitrogens is 2. The second-order valence-corrected chi connectivity index (χ2v) is 4.10. The first-order chi connectivity index (χ1) is 9.16. The van der Waals surface area contributed by atoms with Crippen LogP contribution in [0, 0.1) is 5.82 Å². The van der Waals surface area contributed by atoms with Gasteiger partial charge in [-0.05, 0) is 36.4 Å². The predicted octanol–water partition coefficient (Wildman–Crippen LogP) is 1.82. The van der Waals surface area contributed by atoms with Gasteiger partial charge in [0.1, 0.15) is 5.82 Å². The van der Waals surface area contributed by atoms with Gasteiger partial charge in [0.25, 0.3) is 11.1 Å². The molecule has 0 fully saturated rings. The molecule has 0 bridgehead atoms. The maximum absolute atomic E-state index is 12.9. The van der Waals surface area contributed by atoms with E-state index in [0.717, 1.165) is 4.68 Å². The highest BCUT2D eigenvalue weighted by molar-refractivity contribution is 5.80. The molecule has 0 aliphatic rings. The van der Waals surface area contributed by atoms with Gasteiger partial charge >= 0.3 is 0 Å². The number of hydrogen-bond acceptors (Lipinski definition) is 2. The van der Waals surface area contributed by atoms with Crippen molar-refractivity contribution in [3.05, 3.63) is 75.1 Å². The van der Waals surface area contributed by atoms with E-state index >= 15 is 0 Å². The lowest BCUT2D eigenvalue weighted by molar-refractivity contribution is 0.626. The van der Waals surface area contributed by atoms with Crippen LogP contribution in [0.5, 0.6) is 0 Å². The number of H-pyrrole nitrogens is 1. The second kappa shape index (κ2) is 4.20. The lowest BCUT2D eigenvalue weighted by Gasteiger charge is -2.06. The average molecular weight is 256 g/mol. The van der Waals surface area contributed by atoms with Crippen LogP contribution in [-0.4, -0.2) is 9.78 Å². The first-order valence-corrected chi connectivity index (χ1v) is 5.67. The van der Waals surface area contributed by atoms with Crippen LogP contribution < -0.4 is 11.1 Å². The third-order valence-electron chi connectivity index (χ3n) is 2.90. The first-order valence-electron chi connectivity index (χ1n) is 5.67. The zero-order chi connectivity index (χ0) is 13.4. The van der Waals surface area contributed by atoms with Crippen LogP contribution in [0.4, 0.5) is 4.39 Å². The summed E-state index contributed by atoms with van der Waals surface area (Å²) in [7, 11) is 0. The molecule has 0 saturated heterocycles. The van der Waals surface area contributed by atoms with Crippen LogP contribution >= 0.6 is 0 Å². The molecule has 0 radical (unpaired) electrons. The van der Waals surface area contributed by atoms with Crippen molar-refractivity contribution in [3.8, 4) is 5.69 Å². The number of benzene rings is 2. The van der Waals surface area contributed by atoms with Crippen LogP contribution in [0.1, 0.15) is 0 Å². The summed E-state index contributed by atoms with van der Waals surface area (Å²) in [6, 6.07) is 11.9. The number of hydrogen-bond donors (Lipinski definition) is 1. The molecule has 0 aliphatic heterocycles. The molecule has 0 aliphatic carbocycles. The largest absolute Gasteiger partial charge is 0.277 e. The average Bonchev–Trinajstić information content (AvgIpc) is 2.44. The standard InChI is InChI=1S/C14H9FN2O2/c15-9-5-7-10(8-6-9)17-14(19)12-4-2-1-3-11(12)13(18)16-17/h1-8H,(H,16,18). The van der Waals surface area contributed by atoms with Crippen molar-refractivity contribution in [2.45, 2.75) is 0 Å². The van der Waals surface area contributed by atoms with E-state index in [-0.39, 0.29) is 11.1 Å². The summed E-state index contributed by atoms with van der Waals surface area (Å²) in [5.41, 5.74) is -0.296. The van der Waals surface area contributed by atoms with E-state index < -0.39 is 5.82 Å². The van der Waals surface area contributed by atoms with Crippen LogP contribution in [0.2, 0.25) is 0 Å². The Labute approximate surface area is 106 Å². The van der Waals surface area contributed by atoms with E-state index in [1.807, 2.05) is 0 Å². The van der Waals surface area contributed by atoms with Gasteiger partial charge in [-0.15, -0.1) is 0 Å². The third-order valence-corrected chi connectivity index (χ3v) is 2.90. The topological polar surface area (TPSA) is 54.9 Å². The van der Waals surface area contributed by atoms with Gasteiger partial charge in [0.05, 0.1) is 16.5 Å². The molecule has 3 rings (SSSR count). The lowest BCUT2D eigenvalue weighted by atomic mass is 10.2. The van der Waals surface area contributed by atoms with E-state index in [0.29, 0.717) is 16.5 Å². The Kier molecular flexibility index (Phi) is 2.52. The highest BCUT2D eigenvalue weighted by Crippen LogP contribution is 2.07. The molecule has 0 spiro atoms. The minimum Gasteiger partial charge on any atom is -0.267 e. The lowest BCUT2D eigenvalue weighted by Crippen LogP contribution is -2.28. The van der Waals surface area contributed by atoms with E-state index in [9.17, 15) is 14.0 Å². The molecule has 1 heterocycles. The highest BCUT2D eigenvalue weighted by Gasteiger charge is 2.07.